The summed E-state index contributed by atoms with van der Waals surface area (Å²) in [5.74, 6) is 0.203. The normalized spacial score (nSPS) is 15.2. The van der Waals surface area contributed by atoms with Crippen molar-refractivity contribution in [1.29, 1.82) is 0 Å². The Bertz CT molecular complexity index is 446. The number of pyridine rings is 1. The van der Waals surface area contributed by atoms with Crippen LogP contribution in [0.25, 0.3) is 0 Å². The van der Waals surface area contributed by atoms with Crippen molar-refractivity contribution in [3.63, 3.8) is 0 Å². The largest absolute Gasteiger partial charge is 0.337 e. The van der Waals surface area contributed by atoms with Gasteiger partial charge in [0.2, 0.25) is 5.91 Å². The molecule has 0 saturated carbocycles. The minimum absolute atomic E-state index is 0.203. The molecule has 2 heterocycles. The van der Waals surface area contributed by atoms with E-state index in [1.807, 2.05) is 31.0 Å². The van der Waals surface area contributed by atoms with Crippen molar-refractivity contribution in [1.82, 2.24) is 9.88 Å². The van der Waals surface area contributed by atoms with Crippen molar-refractivity contribution < 1.29 is 4.79 Å². The molecule has 4 nitrogen and oxygen atoms in total. The first-order chi connectivity index (χ1) is 9.16. The monoisotopic (exact) mass is 261 g/mol. The van der Waals surface area contributed by atoms with Crippen molar-refractivity contribution in [2.45, 2.75) is 39.7 Å². The van der Waals surface area contributed by atoms with Crippen LogP contribution in [0.5, 0.6) is 0 Å². The van der Waals surface area contributed by atoms with Gasteiger partial charge in [0, 0.05) is 37.9 Å². The zero-order valence-electron chi connectivity index (χ0n) is 11.9. The summed E-state index contributed by atoms with van der Waals surface area (Å²) in [5.41, 5.74) is 7.77. The van der Waals surface area contributed by atoms with E-state index in [4.69, 9.17) is 5.73 Å². The Morgan fingerprint density at radius 2 is 2.21 bits per heavy atom. The molecule has 0 unspecified atom stereocenters. The van der Waals surface area contributed by atoms with Gasteiger partial charge in [0.1, 0.15) is 0 Å². The molecule has 1 aromatic heterocycles. The first-order valence-corrected chi connectivity index (χ1v) is 7.09. The smallest absolute Gasteiger partial charge is 0.230 e. The Labute approximate surface area is 115 Å². The van der Waals surface area contributed by atoms with E-state index in [1.165, 1.54) is 5.56 Å². The van der Waals surface area contributed by atoms with E-state index in [-0.39, 0.29) is 11.3 Å². The van der Waals surface area contributed by atoms with Crippen molar-refractivity contribution in [3.05, 3.63) is 29.6 Å². The van der Waals surface area contributed by atoms with Crippen molar-refractivity contribution >= 4 is 5.91 Å². The Hall–Kier alpha value is -1.42. The van der Waals surface area contributed by atoms with E-state index in [0.29, 0.717) is 13.1 Å². The third-order valence-electron chi connectivity index (χ3n) is 4.45. The highest BCUT2D eigenvalue weighted by molar-refractivity contribution is 5.83. The molecule has 0 fully saturated rings. The van der Waals surface area contributed by atoms with Gasteiger partial charge in [-0.3, -0.25) is 9.78 Å². The minimum Gasteiger partial charge on any atom is -0.337 e. The number of fused-ring (bicyclic) bond motifs is 1. The maximum Gasteiger partial charge on any atom is 0.230 e. The fraction of sp³-hybridized carbons (Fsp3) is 0.600. The number of hydrogen-bond donors (Lipinski definition) is 1. The molecule has 0 aliphatic carbocycles. The lowest BCUT2D eigenvalue weighted by molar-refractivity contribution is -0.143. The third kappa shape index (κ3) is 2.50. The van der Waals surface area contributed by atoms with E-state index < -0.39 is 0 Å². The molecule has 4 heteroatoms. The molecule has 2 rings (SSSR count). The van der Waals surface area contributed by atoms with E-state index in [9.17, 15) is 4.79 Å². The number of nitrogens with two attached hydrogens (primary N) is 1. The average molecular weight is 261 g/mol. The van der Waals surface area contributed by atoms with Crippen molar-refractivity contribution in [3.8, 4) is 0 Å². The van der Waals surface area contributed by atoms with Crippen LogP contribution in [0.2, 0.25) is 0 Å². The van der Waals surface area contributed by atoms with E-state index in [1.54, 1.807) is 0 Å². The SMILES string of the molecule is CCC(CC)(CN)C(=O)N1CCc2ncccc2C1. The molecule has 1 aliphatic heterocycles. The predicted octanol–water partition coefficient (Wildman–Crippen LogP) is 1.73. The van der Waals surface area contributed by atoms with Crippen LogP contribution in [-0.4, -0.2) is 28.9 Å². The lowest BCUT2D eigenvalue weighted by Gasteiger charge is -2.37. The quantitative estimate of drug-likeness (QED) is 0.898. The van der Waals surface area contributed by atoms with Gasteiger partial charge in [0.05, 0.1) is 5.41 Å². The molecule has 0 spiro atoms. The summed E-state index contributed by atoms with van der Waals surface area (Å²) in [6, 6.07) is 3.99. The summed E-state index contributed by atoms with van der Waals surface area (Å²) in [4.78, 5) is 19.1. The summed E-state index contributed by atoms with van der Waals surface area (Å²) in [6.45, 7) is 5.95. The molecule has 0 saturated heterocycles. The molecule has 2 N–H and O–H groups in total. The van der Waals surface area contributed by atoms with Crippen molar-refractivity contribution in [2.24, 2.45) is 11.1 Å². The maximum atomic E-state index is 12.7. The van der Waals surface area contributed by atoms with Crippen LogP contribution in [0.3, 0.4) is 0 Å². The second kappa shape index (κ2) is 5.70. The van der Waals surface area contributed by atoms with E-state index in [2.05, 4.69) is 11.1 Å². The molecule has 19 heavy (non-hydrogen) atoms. The van der Waals surface area contributed by atoms with Crippen LogP contribution >= 0.6 is 0 Å². The van der Waals surface area contributed by atoms with Crippen LogP contribution in [0.15, 0.2) is 18.3 Å². The van der Waals surface area contributed by atoms with Gasteiger partial charge in [-0.25, -0.2) is 0 Å². The average Bonchev–Trinajstić information content (AvgIpc) is 2.49. The van der Waals surface area contributed by atoms with Crippen LogP contribution < -0.4 is 5.73 Å². The number of hydrogen-bond acceptors (Lipinski definition) is 3. The topological polar surface area (TPSA) is 59.2 Å². The number of amides is 1. The molecule has 0 aromatic carbocycles. The molecule has 1 aromatic rings. The number of rotatable bonds is 4. The van der Waals surface area contributed by atoms with Gasteiger partial charge in [0.15, 0.2) is 0 Å². The molecule has 0 atom stereocenters. The molecule has 0 bridgehead atoms. The number of aromatic nitrogens is 1. The third-order valence-corrected chi connectivity index (χ3v) is 4.45. The number of carbonyl (C=O) groups is 1. The second-order valence-corrected chi connectivity index (χ2v) is 5.28. The highest BCUT2D eigenvalue weighted by Gasteiger charge is 2.37. The van der Waals surface area contributed by atoms with E-state index in [0.717, 1.165) is 31.5 Å². The first kappa shape index (κ1) is 14.0. The summed E-state index contributed by atoms with van der Waals surface area (Å²) in [5, 5.41) is 0. The first-order valence-electron chi connectivity index (χ1n) is 7.09. The van der Waals surface area contributed by atoms with Gasteiger partial charge in [-0.15, -0.1) is 0 Å². The molecular formula is C15H23N3O. The fourth-order valence-electron chi connectivity index (χ4n) is 2.80. The minimum atomic E-state index is -0.389. The summed E-state index contributed by atoms with van der Waals surface area (Å²) < 4.78 is 0. The van der Waals surface area contributed by atoms with E-state index >= 15 is 0 Å². The van der Waals surface area contributed by atoms with Crippen molar-refractivity contribution in [2.75, 3.05) is 13.1 Å². The molecule has 1 amide bonds. The van der Waals surface area contributed by atoms with Gasteiger partial charge in [-0.2, -0.15) is 0 Å². The number of carbonyl (C=O) groups excluding carboxylic acids is 1. The zero-order chi connectivity index (χ0) is 13.9. The Balaban J connectivity index is 2.18. The number of nitrogens with zero attached hydrogens (tertiary/aromatic N) is 2. The van der Waals surface area contributed by atoms with Gasteiger partial charge >= 0.3 is 0 Å². The van der Waals surface area contributed by atoms with Gasteiger partial charge in [0.25, 0.3) is 0 Å². The van der Waals surface area contributed by atoms with Gasteiger partial charge in [-0.1, -0.05) is 19.9 Å². The molecule has 0 radical (unpaired) electrons. The molecule has 104 valence electrons. The summed E-state index contributed by atoms with van der Waals surface area (Å²) in [7, 11) is 0. The molecule has 1 aliphatic rings. The van der Waals surface area contributed by atoms with Crippen LogP contribution in [0, 0.1) is 5.41 Å². The standard InChI is InChI=1S/C15H23N3O/c1-3-15(4-2,11-16)14(19)18-9-7-13-12(10-18)6-5-8-17-13/h5-6,8H,3-4,7,9-11,16H2,1-2H3. The summed E-state index contributed by atoms with van der Waals surface area (Å²) in [6.07, 6.45) is 4.26. The fourth-order valence-corrected chi connectivity index (χ4v) is 2.80. The predicted molar refractivity (Wildman–Crippen MR) is 75.4 cm³/mol. The maximum absolute atomic E-state index is 12.7. The lowest BCUT2D eigenvalue weighted by atomic mass is 9.80. The Morgan fingerprint density at radius 1 is 1.47 bits per heavy atom. The lowest BCUT2D eigenvalue weighted by Crippen LogP contribution is -2.49. The second-order valence-electron chi connectivity index (χ2n) is 5.28. The summed E-state index contributed by atoms with van der Waals surface area (Å²) >= 11 is 0. The molecular weight excluding hydrogens is 238 g/mol. The Morgan fingerprint density at radius 3 is 2.84 bits per heavy atom. The highest BCUT2D eigenvalue weighted by atomic mass is 16.2. The van der Waals surface area contributed by atoms with Crippen LogP contribution in [0.4, 0.5) is 0 Å². The Kier molecular flexibility index (Phi) is 4.20. The highest BCUT2D eigenvalue weighted by Crippen LogP contribution is 2.30. The van der Waals surface area contributed by atoms with Crippen LogP contribution in [0.1, 0.15) is 37.9 Å². The van der Waals surface area contributed by atoms with Crippen LogP contribution in [-0.2, 0) is 17.8 Å². The zero-order valence-corrected chi connectivity index (χ0v) is 11.9. The van der Waals surface area contributed by atoms with Gasteiger partial charge in [-0.05, 0) is 24.5 Å². The van der Waals surface area contributed by atoms with Gasteiger partial charge < -0.3 is 10.6 Å².